The van der Waals surface area contributed by atoms with Crippen LogP contribution in [0.4, 0.5) is 0 Å². The van der Waals surface area contributed by atoms with Gasteiger partial charge in [-0.05, 0) is 37.0 Å². The van der Waals surface area contributed by atoms with Crippen molar-refractivity contribution in [2.24, 2.45) is 0 Å². The van der Waals surface area contributed by atoms with E-state index >= 15 is 0 Å². The van der Waals surface area contributed by atoms with Crippen LogP contribution in [0.5, 0.6) is 5.75 Å². The van der Waals surface area contributed by atoms with Gasteiger partial charge in [0.1, 0.15) is 12.4 Å². The molecule has 11 nitrogen and oxygen atoms in total. The molecule has 0 aliphatic carbocycles. The molecule has 0 aliphatic heterocycles. The number of rotatable bonds is 34. The van der Waals surface area contributed by atoms with Crippen molar-refractivity contribution in [2.45, 2.75) is 77.6 Å². The van der Waals surface area contributed by atoms with Gasteiger partial charge in [0, 0.05) is 19.6 Å². The second-order valence-electron chi connectivity index (χ2n) is 10.6. The lowest BCUT2D eigenvalue weighted by atomic mass is 10.0. The molecule has 1 rings (SSSR count). The molecule has 0 bridgehead atoms. The van der Waals surface area contributed by atoms with Gasteiger partial charge in [-0.25, -0.2) is 0 Å². The first-order chi connectivity index (χ1) is 22.1. The van der Waals surface area contributed by atoms with E-state index in [2.05, 4.69) is 24.4 Å². The van der Waals surface area contributed by atoms with Crippen molar-refractivity contribution in [3.8, 4) is 5.75 Å². The topological polar surface area (TPSA) is 131 Å². The summed E-state index contributed by atoms with van der Waals surface area (Å²) >= 11 is 0. The van der Waals surface area contributed by atoms with Crippen molar-refractivity contribution in [3.63, 3.8) is 0 Å². The minimum absolute atomic E-state index is 0.00418. The van der Waals surface area contributed by atoms with Gasteiger partial charge in [0.25, 0.3) is 0 Å². The molecule has 0 fully saturated rings. The minimum atomic E-state index is -0.977. The van der Waals surface area contributed by atoms with Crippen molar-refractivity contribution in [1.82, 2.24) is 5.32 Å². The molecule has 260 valence electrons. The molecule has 0 spiro atoms. The largest absolute Gasteiger partial charge is 0.491 e. The Morgan fingerprint density at radius 1 is 0.578 bits per heavy atom. The summed E-state index contributed by atoms with van der Waals surface area (Å²) in [6.07, 6.45) is 11.0. The van der Waals surface area contributed by atoms with E-state index in [1.165, 1.54) is 50.5 Å². The maximum Gasteiger partial charge on any atom is 0.303 e. The minimum Gasteiger partial charge on any atom is -0.491 e. The molecule has 0 unspecified atom stereocenters. The highest BCUT2D eigenvalue weighted by Crippen LogP contribution is 2.15. The van der Waals surface area contributed by atoms with Crippen molar-refractivity contribution >= 4 is 11.9 Å². The summed E-state index contributed by atoms with van der Waals surface area (Å²) in [4.78, 5) is 21.8. The maximum atomic E-state index is 11.4. The molecule has 0 aromatic heterocycles. The zero-order chi connectivity index (χ0) is 32.5. The fraction of sp³-hybridized carbons (Fsp3) is 0.765. The normalized spacial score (nSPS) is 11.1. The molecule has 2 N–H and O–H groups in total. The second kappa shape index (κ2) is 31.7. The number of ether oxygens (including phenoxy) is 7. The average Bonchev–Trinajstić information content (AvgIpc) is 3.04. The van der Waals surface area contributed by atoms with Gasteiger partial charge in [0.2, 0.25) is 5.91 Å². The molecular weight excluding hydrogens is 582 g/mol. The van der Waals surface area contributed by atoms with Gasteiger partial charge in [-0.3, -0.25) is 9.59 Å². The number of aliphatic carboxylic acids is 1. The average molecular weight is 642 g/mol. The summed E-state index contributed by atoms with van der Waals surface area (Å²) < 4.78 is 38.7. The summed E-state index contributed by atoms with van der Waals surface area (Å²) in [5.74, 6) is -0.360. The maximum absolute atomic E-state index is 11.4. The Morgan fingerprint density at radius 2 is 1.04 bits per heavy atom. The smallest absolute Gasteiger partial charge is 0.303 e. The zero-order valence-corrected chi connectivity index (χ0v) is 27.6. The predicted molar refractivity (Wildman–Crippen MR) is 173 cm³/mol. The number of carboxylic acid groups (broad SMARTS) is 1. The number of benzene rings is 1. The Labute approximate surface area is 270 Å². The Kier molecular flexibility index (Phi) is 28.7. The van der Waals surface area contributed by atoms with Crippen LogP contribution in [0.3, 0.4) is 0 Å². The lowest BCUT2D eigenvalue weighted by Crippen LogP contribution is -2.25. The second-order valence-corrected chi connectivity index (χ2v) is 10.6. The Bertz CT molecular complexity index is 809. The molecule has 0 saturated heterocycles. The summed E-state index contributed by atoms with van der Waals surface area (Å²) in [5.41, 5.74) is 1.37. The molecule has 0 saturated carbocycles. The molecule has 0 radical (unpaired) electrons. The molecule has 1 amide bonds. The molecule has 1 aromatic rings. The standard InChI is InChI=1S/C34H59NO10/c1-2-3-4-5-6-7-8-10-31-11-13-32(14-12-31)45-30-29-44-28-27-43-26-25-42-24-23-41-22-21-40-20-19-39-18-9-17-35-33(36)15-16-34(37)38/h11-14H,2-10,15-30H2,1H3,(H,35,36)(H,37,38). The van der Waals surface area contributed by atoms with E-state index in [1.807, 2.05) is 12.1 Å². The number of amides is 1. The third kappa shape index (κ3) is 28.9. The van der Waals surface area contributed by atoms with E-state index in [-0.39, 0.29) is 18.7 Å². The first kappa shape index (κ1) is 40.7. The van der Waals surface area contributed by atoms with Gasteiger partial charge < -0.3 is 43.6 Å². The zero-order valence-electron chi connectivity index (χ0n) is 27.6. The summed E-state index contributed by atoms with van der Waals surface area (Å²) in [7, 11) is 0. The summed E-state index contributed by atoms with van der Waals surface area (Å²) in [6, 6.07) is 8.41. The number of carbonyl (C=O) groups excluding carboxylic acids is 1. The van der Waals surface area contributed by atoms with E-state index in [9.17, 15) is 9.59 Å². The first-order valence-corrected chi connectivity index (χ1v) is 16.8. The number of hydrogen-bond acceptors (Lipinski definition) is 9. The van der Waals surface area contributed by atoms with Gasteiger partial charge in [0.15, 0.2) is 0 Å². The van der Waals surface area contributed by atoms with Crippen LogP contribution in [0.2, 0.25) is 0 Å². The number of carboxylic acids is 1. The molecular formula is C34H59NO10. The van der Waals surface area contributed by atoms with Crippen LogP contribution >= 0.6 is 0 Å². The SMILES string of the molecule is CCCCCCCCCc1ccc(OCCOCCOCCOCCOCCOCCOCCCNC(=O)CCC(=O)O)cc1. The molecule has 11 heteroatoms. The van der Waals surface area contributed by atoms with Gasteiger partial charge in [0.05, 0.1) is 79.1 Å². The molecule has 0 heterocycles. The Hall–Kier alpha value is -2.28. The van der Waals surface area contributed by atoms with Crippen LogP contribution in [0, 0.1) is 0 Å². The van der Waals surface area contributed by atoms with Crippen LogP contribution in [0.1, 0.15) is 76.7 Å². The van der Waals surface area contributed by atoms with Gasteiger partial charge >= 0.3 is 5.97 Å². The van der Waals surface area contributed by atoms with Crippen molar-refractivity contribution in [3.05, 3.63) is 29.8 Å². The van der Waals surface area contributed by atoms with Crippen LogP contribution in [0.15, 0.2) is 24.3 Å². The number of unbranched alkanes of at least 4 members (excludes halogenated alkanes) is 6. The Balaban J connectivity index is 1.75. The number of aryl methyl sites for hydroxylation is 1. The monoisotopic (exact) mass is 641 g/mol. The van der Waals surface area contributed by atoms with Crippen LogP contribution in [-0.4, -0.2) is 109 Å². The summed E-state index contributed by atoms with van der Waals surface area (Å²) in [6.45, 7) is 9.15. The third-order valence-corrected chi connectivity index (χ3v) is 6.70. The Morgan fingerprint density at radius 3 is 1.56 bits per heavy atom. The third-order valence-electron chi connectivity index (χ3n) is 6.70. The van der Waals surface area contributed by atoms with Crippen molar-refractivity contribution < 1.29 is 47.9 Å². The lowest BCUT2D eigenvalue weighted by molar-refractivity contribution is -0.138. The van der Waals surface area contributed by atoms with Crippen LogP contribution < -0.4 is 10.1 Å². The highest BCUT2D eigenvalue weighted by atomic mass is 16.6. The lowest BCUT2D eigenvalue weighted by Gasteiger charge is -2.09. The van der Waals surface area contributed by atoms with E-state index in [0.717, 1.165) is 12.2 Å². The fourth-order valence-electron chi connectivity index (χ4n) is 4.17. The fourth-order valence-corrected chi connectivity index (χ4v) is 4.17. The van der Waals surface area contributed by atoms with Gasteiger partial charge in [-0.1, -0.05) is 57.6 Å². The molecule has 45 heavy (non-hydrogen) atoms. The van der Waals surface area contributed by atoms with Gasteiger partial charge in [-0.15, -0.1) is 0 Å². The van der Waals surface area contributed by atoms with E-state index in [4.69, 9.17) is 38.3 Å². The number of hydrogen-bond donors (Lipinski definition) is 2. The quantitative estimate of drug-likeness (QED) is 0.101. The van der Waals surface area contributed by atoms with E-state index in [0.29, 0.717) is 98.9 Å². The van der Waals surface area contributed by atoms with Crippen molar-refractivity contribution in [1.29, 1.82) is 0 Å². The van der Waals surface area contributed by atoms with Crippen LogP contribution in [0.25, 0.3) is 0 Å². The van der Waals surface area contributed by atoms with Crippen molar-refractivity contribution in [2.75, 3.05) is 92.4 Å². The molecule has 0 atom stereocenters. The highest BCUT2D eigenvalue weighted by Gasteiger charge is 2.04. The first-order valence-electron chi connectivity index (χ1n) is 16.8. The van der Waals surface area contributed by atoms with E-state index in [1.54, 1.807) is 0 Å². The summed E-state index contributed by atoms with van der Waals surface area (Å²) in [5, 5.41) is 11.2. The molecule has 1 aromatic carbocycles. The van der Waals surface area contributed by atoms with Gasteiger partial charge in [-0.2, -0.15) is 0 Å². The number of carbonyl (C=O) groups is 2. The highest BCUT2D eigenvalue weighted by molar-refractivity contribution is 5.80. The predicted octanol–water partition coefficient (Wildman–Crippen LogP) is 4.83. The van der Waals surface area contributed by atoms with E-state index < -0.39 is 5.97 Å². The molecule has 0 aliphatic rings. The number of nitrogens with one attached hydrogen (secondary N) is 1. The van der Waals surface area contributed by atoms with Crippen LogP contribution in [-0.2, 0) is 44.4 Å².